The van der Waals surface area contributed by atoms with E-state index in [2.05, 4.69) is 15.5 Å². The number of rotatable bonds is 6. The number of anilines is 1. The molecular weight excluding hydrogens is 448 g/mol. The highest BCUT2D eigenvalue weighted by molar-refractivity contribution is 7.89. The summed E-state index contributed by atoms with van der Waals surface area (Å²) in [6, 6.07) is 9.16. The van der Waals surface area contributed by atoms with E-state index in [0.29, 0.717) is 53.0 Å². The lowest BCUT2D eigenvalue weighted by Crippen LogP contribution is -2.43. The lowest BCUT2D eigenvalue weighted by atomic mass is 9.98. The predicted octanol–water partition coefficient (Wildman–Crippen LogP) is 4.02. The van der Waals surface area contributed by atoms with Crippen molar-refractivity contribution in [2.45, 2.75) is 44.9 Å². The maximum atomic E-state index is 13.4. The third kappa shape index (κ3) is 4.62. The highest BCUT2D eigenvalue weighted by Crippen LogP contribution is 2.35. The van der Waals surface area contributed by atoms with Crippen molar-refractivity contribution < 1.29 is 17.7 Å². The van der Waals surface area contributed by atoms with Crippen molar-refractivity contribution in [2.24, 2.45) is 5.92 Å². The number of aromatic nitrogens is 2. The molecule has 3 aromatic rings. The van der Waals surface area contributed by atoms with Gasteiger partial charge in [0, 0.05) is 30.1 Å². The predicted molar refractivity (Wildman–Crippen MR) is 123 cm³/mol. The van der Waals surface area contributed by atoms with Gasteiger partial charge in [-0.3, -0.25) is 4.79 Å². The van der Waals surface area contributed by atoms with E-state index in [9.17, 15) is 13.2 Å². The van der Waals surface area contributed by atoms with E-state index in [4.69, 9.17) is 4.52 Å². The topological polar surface area (TPSA) is 105 Å². The Kier molecular flexibility index (Phi) is 6.45. The summed E-state index contributed by atoms with van der Waals surface area (Å²) in [7, 11) is -3.75. The molecular formula is C22H26N4O4S2. The summed E-state index contributed by atoms with van der Waals surface area (Å²) in [6.07, 6.45) is 1.90. The van der Waals surface area contributed by atoms with Gasteiger partial charge in [-0.2, -0.15) is 9.29 Å². The first-order valence-corrected chi connectivity index (χ1v) is 12.8. The number of hydrogen-bond acceptors (Lipinski definition) is 7. The largest absolute Gasteiger partial charge is 0.339 e. The maximum Gasteiger partial charge on any atom is 0.244 e. The van der Waals surface area contributed by atoms with E-state index in [-0.39, 0.29) is 17.3 Å². The van der Waals surface area contributed by atoms with Crippen LogP contribution in [0.4, 0.5) is 5.69 Å². The molecule has 0 aliphatic carbocycles. The zero-order valence-corrected chi connectivity index (χ0v) is 19.9. The van der Waals surface area contributed by atoms with E-state index >= 15 is 0 Å². The monoisotopic (exact) mass is 474 g/mol. The third-order valence-corrected chi connectivity index (χ3v) is 8.72. The lowest BCUT2D eigenvalue weighted by molar-refractivity contribution is -0.120. The van der Waals surface area contributed by atoms with Crippen LogP contribution in [-0.2, 0) is 21.2 Å². The molecule has 2 aromatic heterocycles. The molecule has 1 atom stereocenters. The molecule has 0 saturated carbocycles. The molecule has 1 amide bonds. The van der Waals surface area contributed by atoms with Crippen LogP contribution in [0, 0.1) is 19.8 Å². The van der Waals surface area contributed by atoms with Gasteiger partial charge in [-0.25, -0.2) is 8.42 Å². The first-order valence-electron chi connectivity index (χ1n) is 10.6. The van der Waals surface area contributed by atoms with Gasteiger partial charge in [0.2, 0.25) is 27.6 Å². The standard InChI is InChI=1S/C22H26N4O4S2/c1-4-20-24-21(25-30-20)18-12-19(15(3)31-18)32(28,29)26-11-5-6-16(13-26)22(27)23-17-9-7-14(2)8-10-17/h7-10,12,16H,4-6,11,13H2,1-3H3,(H,23,27)/t16-/m0/s1. The number of carbonyl (C=O) groups is 1. The summed E-state index contributed by atoms with van der Waals surface area (Å²) < 4.78 is 33.4. The second-order valence-electron chi connectivity index (χ2n) is 7.95. The van der Waals surface area contributed by atoms with Crippen LogP contribution < -0.4 is 5.32 Å². The highest BCUT2D eigenvalue weighted by Gasteiger charge is 2.35. The van der Waals surface area contributed by atoms with Crippen LogP contribution in [-0.4, -0.2) is 41.9 Å². The molecule has 3 heterocycles. The number of carbonyl (C=O) groups excluding carboxylic acids is 1. The van der Waals surface area contributed by atoms with Crippen molar-refractivity contribution >= 4 is 33.0 Å². The van der Waals surface area contributed by atoms with Crippen molar-refractivity contribution in [3.05, 3.63) is 46.7 Å². The number of nitrogens with one attached hydrogen (secondary N) is 1. The number of amides is 1. The first-order chi connectivity index (χ1) is 15.3. The van der Waals surface area contributed by atoms with Crippen LogP contribution >= 0.6 is 11.3 Å². The minimum Gasteiger partial charge on any atom is -0.339 e. The summed E-state index contributed by atoms with van der Waals surface area (Å²) in [4.78, 5) is 18.6. The van der Waals surface area contributed by atoms with E-state index in [1.165, 1.54) is 15.6 Å². The number of hydrogen-bond donors (Lipinski definition) is 1. The maximum absolute atomic E-state index is 13.4. The quantitative estimate of drug-likeness (QED) is 0.579. The molecule has 1 aromatic carbocycles. The number of piperidine rings is 1. The van der Waals surface area contributed by atoms with E-state index in [0.717, 1.165) is 5.56 Å². The van der Waals surface area contributed by atoms with Crippen molar-refractivity contribution in [2.75, 3.05) is 18.4 Å². The molecule has 8 nitrogen and oxygen atoms in total. The normalized spacial score (nSPS) is 17.4. The Balaban J connectivity index is 1.51. The summed E-state index contributed by atoms with van der Waals surface area (Å²) in [5.41, 5.74) is 1.82. The molecule has 1 N–H and O–H groups in total. The fourth-order valence-corrected chi connectivity index (χ4v) is 6.74. The molecule has 0 radical (unpaired) electrons. The second kappa shape index (κ2) is 9.13. The fraction of sp³-hybridized carbons (Fsp3) is 0.409. The summed E-state index contributed by atoms with van der Waals surface area (Å²) in [5.74, 6) is 0.345. The minimum atomic E-state index is -3.75. The number of aryl methyl sites for hydroxylation is 3. The van der Waals surface area contributed by atoms with E-state index < -0.39 is 15.9 Å². The van der Waals surface area contributed by atoms with Gasteiger partial charge in [-0.15, -0.1) is 11.3 Å². The number of nitrogens with zero attached hydrogens (tertiary/aromatic N) is 3. The Hall–Kier alpha value is -2.56. The van der Waals surface area contributed by atoms with Crippen molar-refractivity contribution in [3.63, 3.8) is 0 Å². The Morgan fingerprint density at radius 3 is 2.72 bits per heavy atom. The van der Waals surface area contributed by atoms with Crippen LogP contribution in [0.2, 0.25) is 0 Å². The van der Waals surface area contributed by atoms with Gasteiger partial charge in [-0.1, -0.05) is 29.8 Å². The summed E-state index contributed by atoms with van der Waals surface area (Å²) >= 11 is 1.32. The van der Waals surface area contributed by atoms with Gasteiger partial charge in [0.15, 0.2) is 0 Å². The lowest BCUT2D eigenvalue weighted by Gasteiger charge is -2.31. The fourth-order valence-electron chi connectivity index (χ4n) is 3.73. The van der Waals surface area contributed by atoms with Crippen molar-refractivity contribution in [1.82, 2.24) is 14.4 Å². The Morgan fingerprint density at radius 1 is 1.28 bits per heavy atom. The van der Waals surface area contributed by atoms with Gasteiger partial charge in [0.1, 0.15) is 0 Å². The smallest absolute Gasteiger partial charge is 0.244 e. The van der Waals surface area contributed by atoms with Crippen LogP contribution in [0.1, 0.15) is 36.1 Å². The average molecular weight is 475 g/mol. The van der Waals surface area contributed by atoms with Crippen LogP contribution in [0.25, 0.3) is 10.7 Å². The SMILES string of the molecule is CCc1nc(-c2cc(S(=O)(=O)N3CCC[C@H](C(=O)Nc4ccc(C)cc4)C3)c(C)s2)no1. The zero-order chi connectivity index (χ0) is 22.9. The summed E-state index contributed by atoms with van der Waals surface area (Å²) in [5, 5.41) is 6.86. The first kappa shape index (κ1) is 22.6. The van der Waals surface area contributed by atoms with E-state index in [1.807, 2.05) is 38.1 Å². The average Bonchev–Trinajstić information content (AvgIpc) is 3.42. The number of benzene rings is 1. The molecule has 10 heteroatoms. The van der Waals surface area contributed by atoms with Crippen molar-refractivity contribution in [3.8, 4) is 10.7 Å². The Bertz CT molecular complexity index is 1220. The molecule has 0 unspecified atom stereocenters. The van der Waals surface area contributed by atoms with Gasteiger partial charge >= 0.3 is 0 Å². The molecule has 0 bridgehead atoms. The molecule has 32 heavy (non-hydrogen) atoms. The molecule has 0 spiro atoms. The Labute approximate surface area is 191 Å². The van der Waals surface area contributed by atoms with Gasteiger partial charge in [0.05, 0.1) is 15.7 Å². The number of sulfonamides is 1. The van der Waals surface area contributed by atoms with Gasteiger partial charge in [0.25, 0.3) is 0 Å². The molecule has 170 valence electrons. The second-order valence-corrected chi connectivity index (χ2v) is 11.1. The van der Waals surface area contributed by atoms with Crippen molar-refractivity contribution in [1.29, 1.82) is 0 Å². The highest BCUT2D eigenvalue weighted by atomic mass is 32.2. The zero-order valence-electron chi connectivity index (χ0n) is 18.3. The molecule has 1 fully saturated rings. The molecule has 1 aliphatic heterocycles. The molecule has 1 aliphatic rings. The Morgan fingerprint density at radius 2 is 2.03 bits per heavy atom. The van der Waals surface area contributed by atoms with Gasteiger partial charge in [-0.05, 0) is 44.9 Å². The molecule has 1 saturated heterocycles. The third-order valence-electron chi connectivity index (χ3n) is 5.55. The summed E-state index contributed by atoms with van der Waals surface area (Å²) in [6.45, 7) is 6.22. The number of thiophene rings is 1. The minimum absolute atomic E-state index is 0.157. The van der Waals surface area contributed by atoms with Crippen LogP contribution in [0.5, 0.6) is 0 Å². The van der Waals surface area contributed by atoms with Gasteiger partial charge < -0.3 is 9.84 Å². The van der Waals surface area contributed by atoms with Crippen LogP contribution in [0.15, 0.2) is 39.8 Å². The van der Waals surface area contributed by atoms with E-state index in [1.54, 1.807) is 13.0 Å². The van der Waals surface area contributed by atoms with Crippen LogP contribution in [0.3, 0.4) is 0 Å². The molecule has 4 rings (SSSR count).